The maximum Gasteiger partial charge on any atom is 0.416 e. The van der Waals surface area contributed by atoms with Crippen LogP contribution in [0.3, 0.4) is 0 Å². The molecule has 0 atom stereocenters. The first-order valence-corrected chi connectivity index (χ1v) is 8.81. The van der Waals surface area contributed by atoms with E-state index in [-0.39, 0.29) is 11.5 Å². The molecule has 2 amide bonds. The Morgan fingerprint density at radius 2 is 1.93 bits per heavy atom. The maximum absolute atomic E-state index is 12.6. The van der Waals surface area contributed by atoms with Crippen LogP contribution in [0.25, 0.3) is 0 Å². The Hall–Kier alpha value is -2.86. The van der Waals surface area contributed by atoms with Crippen LogP contribution >= 0.6 is 11.3 Å². The van der Waals surface area contributed by atoms with Crippen LogP contribution in [0.5, 0.6) is 0 Å². The molecule has 1 aliphatic rings. The number of hydrogen-bond donors (Lipinski definition) is 1. The number of thiophene rings is 1. The molecule has 0 saturated heterocycles. The van der Waals surface area contributed by atoms with Crippen LogP contribution in [0.15, 0.2) is 24.3 Å². The van der Waals surface area contributed by atoms with Gasteiger partial charge in [-0.15, -0.1) is 11.3 Å². The van der Waals surface area contributed by atoms with Crippen molar-refractivity contribution in [2.75, 3.05) is 11.9 Å². The van der Waals surface area contributed by atoms with E-state index >= 15 is 0 Å². The van der Waals surface area contributed by atoms with Crippen LogP contribution in [0.1, 0.15) is 38.8 Å². The maximum atomic E-state index is 12.6. The summed E-state index contributed by atoms with van der Waals surface area (Å²) < 4.78 is 37.9. The zero-order valence-electron chi connectivity index (χ0n) is 14.2. The molecule has 0 fully saturated rings. The molecule has 5 nitrogen and oxygen atoms in total. The fourth-order valence-electron chi connectivity index (χ4n) is 2.86. The Balaban J connectivity index is 1.83. The standard InChI is InChI=1S/C18H14F3N3O2S/c1-10(25)24-7-6-13-14(8-22)17(27-15(13)9-24)23-16(26)11-2-4-12(5-3-11)18(19,20)21/h2-5H,6-7,9H2,1H3,(H,23,26). The second kappa shape index (κ2) is 7.04. The lowest BCUT2D eigenvalue weighted by Gasteiger charge is -2.25. The second-order valence-electron chi connectivity index (χ2n) is 6.04. The molecule has 0 spiro atoms. The summed E-state index contributed by atoms with van der Waals surface area (Å²) in [7, 11) is 0. The summed E-state index contributed by atoms with van der Waals surface area (Å²) >= 11 is 1.21. The van der Waals surface area contributed by atoms with Gasteiger partial charge < -0.3 is 10.2 Å². The third kappa shape index (κ3) is 3.80. The molecule has 1 aromatic carbocycles. The quantitative estimate of drug-likeness (QED) is 0.844. The van der Waals surface area contributed by atoms with Gasteiger partial charge in [0.1, 0.15) is 11.1 Å². The van der Waals surface area contributed by atoms with Crippen molar-refractivity contribution in [3.05, 3.63) is 51.4 Å². The number of anilines is 1. The minimum Gasteiger partial charge on any atom is -0.337 e. The first kappa shape index (κ1) is 18.9. The average molecular weight is 393 g/mol. The lowest BCUT2D eigenvalue weighted by molar-refractivity contribution is -0.137. The fourth-order valence-corrected chi connectivity index (χ4v) is 4.07. The normalized spacial score (nSPS) is 13.7. The highest BCUT2D eigenvalue weighted by Crippen LogP contribution is 2.37. The van der Waals surface area contributed by atoms with E-state index in [2.05, 4.69) is 11.4 Å². The van der Waals surface area contributed by atoms with Crippen molar-refractivity contribution < 1.29 is 22.8 Å². The number of carbonyl (C=O) groups excluding carboxylic acids is 2. The molecule has 0 bridgehead atoms. The Kier molecular flexibility index (Phi) is 4.93. The number of carbonyl (C=O) groups is 2. The van der Waals surface area contributed by atoms with Crippen LogP contribution in [0.2, 0.25) is 0 Å². The predicted octanol–water partition coefficient (Wildman–Crippen LogP) is 3.80. The highest BCUT2D eigenvalue weighted by molar-refractivity contribution is 7.16. The van der Waals surface area contributed by atoms with Crippen LogP contribution in [0.4, 0.5) is 18.2 Å². The number of halogens is 3. The lowest BCUT2D eigenvalue weighted by Crippen LogP contribution is -2.33. The van der Waals surface area contributed by atoms with E-state index in [4.69, 9.17) is 0 Å². The molecule has 1 aromatic heterocycles. The molecule has 9 heteroatoms. The number of alkyl halides is 3. The minimum atomic E-state index is -4.47. The first-order chi connectivity index (χ1) is 12.7. The van der Waals surface area contributed by atoms with Crippen LogP contribution in [-0.4, -0.2) is 23.3 Å². The molecule has 0 unspecified atom stereocenters. The van der Waals surface area contributed by atoms with Gasteiger partial charge in [-0.1, -0.05) is 0 Å². The van der Waals surface area contributed by atoms with Gasteiger partial charge in [0.25, 0.3) is 5.91 Å². The molecule has 1 N–H and O–H groups in total. The minimum absolute atomic E-state index is 0.0589. The van der Waals surface area contributed by atoms with Gasteiger partial charge in [-0.3, -0.25) is 9.59 Å². The summed E-state index contributed by atoms with van der Waals surface area (Å²) in [5.41, 5.74) is 0.373. The SMILES string of the molecule is CC(=O)N1CCc2c(sc(NC(=O)c3ccc(C(F)(F)F)cc3)c2C#N)C1. The van der Waals surface area contributed by atoms with E-state index in [1.165, 1.54) is 18.3 Å². The van der Waals surface area contributed by atoms with Crippen molar-refractivity contribution in [2.45, 2.75) is 26.1 Å². The largest absolute Gasteiger partial charge is 0.416 e. The number of amides is 2. The van der Waals surface area contributed by atoms with Crippen LogP contribution in [0, 0.1) is 11.3 Å². The molecule has 1 aliphatic heterocycles. The molecular formula is C18H14F3N3O2S. The molecule has 2 heterocycles. The Labute approximate surface area is 157 Å². The molecule has 0 saturated carbocycles. The summed E-state index contributed by atoms with van der Waals surface area (Å²) in [5, 5.41) is 12.4. The number of benzene rings is 1. The van der Waals surface area contributed by atoms with E-state index in [1.807, 2.05) is 0 Å². The average Bonchev–Trinajstić information content (AvgIpc) is 2.96. The second-order valence-corrected chi connectivity index (χ2v) is 7.14. The third-order valence-corrected chi connectivity index (χ3v) is 5.45. The van der Waals surface area contributed by atoms with Crippen molar-refractivity contribution >= 4 is 28.2 Å². The zero-order valence-corrected chi connectivity index (χ0v) is 15.0. The number of nitrogens with zero attached hydrogens (tertiary/aromatic N) is 2. The number of fused-ring (bicyclic) bond motifs is 1. The third-order valence-electron chi connectivity index (χ3n) is 4.32. The van der Waals surface area contributed by atoms with Gasteiger partial charge in [-0.05, 0) is 36.2 Å². The molecule has 0 radical (unpaired) electrons. The van der Waals surface area contributed by atoms with E-state index in [0.717, 1.165) is 34.7 Å². The van der Waals surface area contributed by atoms with Crippen molar-refractivity contribution in [1.29, 1.82) is 5.26 Å². The van der Waals surface area contributed by atoms with Gasteiger partial charge in [0.15, 0.2) is 0 Å². The summed E-state index contributed by atoms with van der Waals surface area (Å²) in [6.07, 6.45) is -3.96. The van der Waals surface area contributed by atoms with Crippen molar-refractivity contribution in [3.63, 3.8) is 0 Å². The molecule has 3 rings (SSSR count). The van der Waals surface area contributed by atoms with E-state index in [0.29, 0.717) is 30.1 Å². The number of nitrogens with one attached hydrogen (secondary N) is 1. The van der Waals surface area contributed by atoms with Crippen molar-refractivity contribution in [3.8, 4) is 6.07 Å². The Morgan fingerprint density at radius 1 is 1.26 bits per heavy atom. The number of rotatable bonds is 2. The van der Waals surface area contributed by atoms with Gasteiger partial charge >= 0.3 is 6.18 Å². The van der Waals surface area contributed by atoms with Gasteiger partial charge in [0.05, 0.1) is 17.7 Å². The van der Waals surface area contributed by atoms with Crippen LogP contribution < -0.4 is 5.32 Å². The summed E-state index contributed by atoms with van der Waals surface area (Å²) in [5.74, 6) is -0.662. The van der Waals surface area contributed by atoms with Crippen molar-refractivity contribution in [2.24, 2.45) is 0 Å². The number of nitriles is 1. The highest BCUT2D eigenvalue weighted by Gasteiger charge is 2.30. The topological polar surface area (TPSA) is 73.2 Å². The van der Waals surface area contributed by atoms with E-state index in [9.17, 15) is 28.0 Å². The smallest absolute Gasteiger partial charge is 0.337 e. The Bertz CT molecular complexity index is 942. The number of hydrogen-bond acceptors (Lipinski definition) is 4. The molecule has 0 aliphatic carbocycles. The van der Waals surface area contributed by atoms with Crippen molar-refractivity contribution in [1.82, 2.24) is 4.90 Å². The molecular weight excluding hydrogens is 379 g/mol. The fraction of sp³-hybridized carbons (Fsp3) is 0.278. The molecule has 27 heavy (non-hydrogen) atoms. The van der Waals surface area contributed by atoms with E-state index < -0.39 is 17.6 Å². The monoisotopic (exact) mass is 393 g/mol. The predicted molar refractivity (Wildman–Crippen MR) is 93.2 cm³/mol. The van der Waals surface area contributed by atoms with Gasteiger partial charge in [0, 0.05) is 23.9 Å². The van der Waals surface area contributed by atoms with Gasteiger partial charge in [-0.2, -0.15) is 18.4 Å². The van der Waals surface area contributed by atoms with Gasteiger partial charge in [0.2, 0.25) is 5.91 Å². The highest BCUT2D eigenvalue weighted by atomic mass is 32.1. The Morgan fingerprint density at radius 3 is 2.48 bits per heavy atom. The molecule has 140 valence electrons. The summed E-state index contributed by atoms with van der Waals surface area (Å²) in [6, 6.07) is 5.94. The molecule has 2 aromatic rings. The van der Waals surface area contributed by atoms with Crippen LogP contribution in [-0.2, 0) is 23.9 Å². The zero-order chi connectivity index (χ0) is 19.8. The first-order valence-electron chi connectivity index (χ1n) is 7.99. The lowest BCUT2D eigenvalue weighted by atomic mass is 10.0. The van der Waals surface area contributed by atoms with Gasteiger partial charge in [-0.25, -0.2) is 0 Å². The van der Waals surface area contributed by atoms with E-state index in [1.54, 1.807) is 4.90 Å². The summed E-state index contributed by atoms with van der Waals surface area (Å²) in [6.45, 7) is 2.34. The summed E-state index contributed by atoms with van der Waals surface area (Å²) in [4.78, 5) is 26.4.